The summed E-state index contributed by atoms with van der Waals surface area (Å²) in [6.07, 6.45) is 21.9. The van der Waals surface area contributed by atoms with Crippen LogP contribution in [0.3, 0.4) is 0 Å². The molecule has 21 heavy (non-hydrogen) atoms. The molecular weight excluding hydrogens is 275 g/mol. The van der Waals surface area contributed by atoms with Gasteiger partial charge in [0.05, 0.1) is 0 Å². The molecule has 2 heteroatoms. The first-order valence-corrected chi connectivity index (χ1v) is 10.5. The predicted molar refractivity (Wildman–Crippen MR) is 97.9 cm³/mol. The standard InChI is InChI=1S/C19H37OP/c1-3-5-7-9-11-13-15-19(17-18-21-20)16-14-12-10-8-6-4-2/h17H,3-16,18H2,1-2H3/p+1. The van der Waals surface area contributed by atoms with Gasteiger partial charge in [0.15, 0.2) is 6.16 Å². The van der Waals surface area contributed by atoms with Gasteiger partial charge in [-0.2, -0.15) is 0 Å². The first-order valence-electron chi connectivity index (χ1n) is 9.38. The molecule has 124 valence electrons. The highest BCUT2D eigenvalue weighted by Gasteiger charge is 2.01. The summed E-state index contributed by atoms with van der Waals surface area (Å²) in [5.41, 5.74) is 1.57. The average Bonchev–Trinajstić information content (AvgIpc) is 2.50. The van der Waals surface area contributed by atoms with E-state index in [4.69, 9.17) is 0 Å². The van der Waals surface area contributed by atoms with E-state index in [2.05, 4.69) is 19.9 Å². The first-order chi connectivity index (χ1) is 10.3. The van der Waals surface area contributed by atoms with Crippen molar-refractivity contribution in [1.82, 2.24) is 0 Å². The van der Waals surface area contributed by atoms with Crippen molar-refractivity contribution in [1.29, 1.82) is 0 Å². The van der Waals surface area contributed by atoms with E-state index in [9.17, 15) is 4.57 Å². The molecule has 0 aliphatic carbocycles. The summed E-state index contributed by atoms with van der Waals surface area (Å²) in [6.45, 7) is 4.54. The molecule has 1 nitrogen and oxygen atoms in total. The molecule has 0 aromatic rings. The van der Waals surface area contributed by atoms with E-state index >= 15 is 0 Å². The fraction of sp³-hybridized carbons (Fsp3) is 0.895. The van der Waals surface area contributed by atoms with Crippen LogP contribution in [0.2, 0.25) is 0 Å². The normalized spacial score (nSPS) is 11.0. The van der Waals surface area contributed by atoms with E-state index in [1.165, 1.54) is 89.9 Å². The van der Waals surface area contributed by atoms with Crippen molar-refractivity contribution in [2.75, 3.05) is 6.16 Å². The molecule has 0 heterocycles. The minimum absolute atomic E-state index is 0.165. The van der Waals surface area contributed by atoms with Crippen LogP contribution in [0.4, 0.5) is 0 Å². The summed E-state index contributed by atoms with van der Waals surface area (Å²) in [5.74, 6) is 0. The maximum atomic E-state index is 10.7. The molecule has 0 aromatic heterocycles. The Morgan fingerprint density at radius 2 is 1.14 bits per heavy atom. The number of unbranched alkanes of at least 4 members (excludes halogenated alkanes) is 10. The Balaban J connectivity index is 3.70. The van der Waals surface area contributed by atoms with Crippen LogP contribution in [-0.4, -0.2) is 6.16 Å². The smallest absolute Gasteiger partial charge is 0.0771 e. The third kappa shape index (κ3) is 16.0. The summed E-state index contributed by atoms with van der Waals surface area (Å²) in [7, 11) is -0.165. The lowest BCUT2D eigenvalue weighted by Crippen LogP contribution is -1.89. The predicted octanol–water partition coefficient (Wildman–Crippen LogP) is 7.44. The summed E-state index contributed by atoms with van der Waals surface area (Å²) in [4.78, 5) is 0. The lowest BCUT2D eigenvalue weighted by Gasteiger charge is -2.07. The molecule has 0 bridgehead atoms. The fourth-order valence-electron chi connectivity index (χ4n) is 2.78. The Labute approximate surface area is 135 Å². The second-order valence-corrected chi connectivity index (χ2v) is 6.94. The van der Waals surface area contributed by atoms with Crippen LogP contribution in [0.15, 0.2) is 11.6 Å². The SMILES string of the molecule is CCCCCCCCC(=CC[PH+]=O)CCCCCCCC. The van der Waals surface area contributed by atoms with Crippen LogP contribution in [0, 0.1) is 0 Å². The largest absolute Gasteiger partial charge is 0.328 e. The van der Waals surface area contributed by atoms with Gasteiger partial charge in [0.2, 0.25) is 0 Å². The fourth-order valence-corrected chi connectivity index (χ4v) is 3.15. The molecule has 0 rings (SSSR count). The third-order valence-electron chi connectivity index (χ3n) is 4.18. The molecule has 0 radical (unpaired) electrons. The van der Waals surface area contributed by atoms with Crippen molar-refractivity contribution in [3.63, 3.8) is 0 Å². The molecular formula is C19H38OP+. The summed E-state index contributed by atoms with van der Waals surface area (Å²) in [5, 5.41) is 0. The van der Waals surface area contributed by atoms with Crippen molar-refractivity contribution in [2.24, 2.45) is 0 Å². The minimum atomic E-state index is -0.165. The van der Waals surface area contributed by atoms with E-state index in [-0.39, 0.29) is 8.46 Å². The molecule has 0 aromatic carbocycles. The number of rotatable bonds is 16. The molecule has 0 saturated heterocycles. The Hall–Kier alpha value is -0.160. The zero-order valence-corrected chi connectivity index (χ0v) is 15.6. The summed E-state index contributed by atoms with van der Waals surface area (Å²) >= 11 is 0. The van der Waals surface area contributed by atoms with E-state index in [0.29, 0.717) is 0 Å². The monoisotopic (exact) mass is 313 g/mol. The average molecular weight is 313 g/mol. The van der Waals surface area contributed by atoms with Crippen molar-refractivity contribution < 1.29 is 4.57 Å². The van der Waals surface area contributed by atoms with Crippen LogP contribution in [-0.2, 0) is 4.57 Å². The Morgan fingerprint density at radius 3 is 1.57 bits per heavy atom. The van der Waals surface area contributed by atoms with Crippen molar-refractivity contribution in [2.45, 2.75) is 104 Å². The maximum Gasteiger partial charge on any atom is 0.328 e. The van der Waals surface area contributed by atoms with Crippen LogP contribution < -0.4 is 0 Å². The highest BCUT2D eigenvalue weighted by molar-refractivity contribution is 7.23. The molecule has 0 N–H and O–H groups in total. The molecule has 0 amide bonds. The Kier molecular flexibility index (Phi) is 17.8. The van der Waals surface area contributed by atoms with E-state index < -0.39 is 0 Å². The number of allylic oxidation sites excluding steroid dienone is 2. The van der Waals surface area contributed by atoms with Gasteiger partial charge in [-0.25, -0.2) is 0 Å². The lowest BCUT2D eigenvalue weighted by atomic mass is 9.99. The Bertz CT molecular complexity index is 230. The van der Waals surface area contributed by atoms with Crippen LogP contribution in [0.25, 0.3) is 0 Å². The second kappa shape index (κ2) is 17.9. The van der Waals surface area contributed by atoms with Gasteiger partial charge in [-0.1, -0.05) is 88.2 Å². The molecule has 0 fully saturated rings. The van der Waals surface area contributed by atoms with Crippen LogP contribution in [0.5, 0.6) is 0 Å². The van der Waals surface area contributed by atoms with E-state index in [1.807, 2.05) is 0 Å². The molecule has 0 spiro atoms. The zero-order chi connectivity index (χ0) is 15.6. The van der Waals surface area contributed by atoms with Gasteiger partial charge in [-0.05, 0) is 31.8 Å². The molecule has 0 saturated carbocycles. The molecule has 0 aliphatic rings. The lowest BCUT2D eigenvalue weighted by molar-refractivity contribution is 0.582. The van der Waals surface area contributed by atoms with E-state index in [1.54, 1.807) is 5.57 Å². The van der Waals surface area contributed by atoms with Crippen molar-refractivity contribution in [3.05, 3.63) is 11.6 Å². The van der Waals surface area contributed by atoms with Crippen molar-refractivity contribution >= 4 is 8.46 Å². The quantitative estimate of drug-likeness (QED) is 0.164. The molecule has 0 aliphatic heterocycles. The molecule has 1 unspecified atom stereocenters. The van der Waals surface area contributed by atoms with Crippen LogP contribution in [0.1, 0.15) is 104 Å². The summed E-state index contributed by atoms with van der Waals surface area (Å²) in [6, 6.07) is 0. The van der Waals surface area contributed by atoms with Crippen LogP contribution >= 0.6 is 8.46 Å². The van der Waals surface area contributed by atoms with E-state index in [0.717, 1.165) is 6.16 Å². The second-order valence-electron chi connectivity index (χ2n) is 6.25. The highest BCUT2D eigenvalue weighted by atomic mass is 31.1. The number of hydrogen-bond donors (Lipinski definition) is 0. The van der Waals surface area contributed by atoms with Gasteiger partial charge in [0, 0.05) is 0 Å². The topological polar surface area (TPSA) is 17.1 Å². The highest BCUT2D eigenvalue weighted by Crippen LogP contribution is 2.19. The van der Waals surface area contributed by atoms with Gasteiger partial charge in [0.1, 0.15) is 0 Å². The first kappa shape index (κ1) is 20.8. The van der Waals surface area contributed by atoms with Gasteiger partial charge < -0.3 is 0 Å². The number of hydrogen-bond acceptors (Lipinski definition) is 1. The Morgan fingerprint density at radius 1 is 0.714 bits per heavy atom. The maximum absolute atomic E-state index is 10.7. The molecule has 1 atom stereocenters. The third-order valence-corrected chi connectivity index (χ3v) is 4.55. The zero-order valence-electron chi connectivity index (χ0n) is 14.6. The van der Waals surface area contributed by atoms with Gasteiger partial charge in [-0.15, -0.1) is 0 Å². The van der Waals surface area contributed by atoms with Crippen molar-refractivity contribution in [3.8, 4) is 0 Å². The van der Waals surface area contributed by atoms with Gasteiger partial charge in [-0.3, -0.25) is 0 Å². The minimum Gasteiger partial charge on any atom is -0.0771 e. The van der Waals surface area contributed by atoms with Gasteiger partial charge >= 0.3 is 8.46 Å². The van der Waals surface area contributed by atoms with Gasteiger partial charge in [0.25, 0.3) is 0 Å². The summed E-state index contributed by atoms with van der Waals surface area (Å²) < 4.78 is 10.7.